The average Bonchev–Trinajstić information content (AvgIpc) is 3.06. The van der Waals surface area contributed by atoms with Crippen molar-refractivity contribution >= 4 is 21.6 Å². The number of benzene rings is 2. The minimum atomic E-state index is 0.439. The van der Waals surface area contributed by atoms with E-state index >= 15 is 0 Å². The highest BCUT2D eigenvalue weighted by Crippen LogP contribution is 2.21. The Balaban J connectivity index is 1.62. The maximum absolute atomic E-state index is 3.83. The second kappa shape index (κ2) is 7.42. The lowest BCUT2D eigenvalue weighted by Gasteiger charge is -2.15. The molecule has 4 nitrogen and oxygen atoms in total. The highest BCUT2D eigenvalue weighted by Gasteiger charge is 2.06. The molecule has 0 amide bonds. The topological polar surface area (TPSA) is 42.7 Å². The number of aromatic nitrogens is 3. The summed E-state index contributed by atoms with van der Waals surface area (Å²) in [6.45, 7) is 3.91. The van der Waals surface area contributed by atoms with Gasteiger partial charge in [0.2, 0.25) is 0 Å². The maximum atomic E-state index is 3.83. The molecule has 1 N–H and O–H groups in total. The number of anilines is 1. The first-order valence-electron chi connectivity index (χ1n) is 7.61. The number of nitrogens with one attached hydrogen (secondary N) is 1. The van der Waals surface area contributed by atoms with Crippen molar-refractivity contribution in [3.05, 3.63) is 76.8 Å². The normalized spacial score (nSPS) is 12.1. The van der Waals surface area contributed by atoms with Crippen LogP contribution in [-0.2, 0) is 6.54 Å². The van der Waals surface area contributed by atoms with E-state index < -0.39 is 0 Å². The summed E-state index contributed by atoms with van der Waals surface area (Å²) in [7, 11) is 0. The SMILES string of the molecule is CC(CNc1cccc(Cn2cnnc2)c1)c1cccc(Br)c1. The second-order valence-corrected chi connectivity index (χ2v) is 6.59. The highest BCUT2D eigenvalue weighted by molar-refractivity contribution is 9.10. The average molecular weight is 371 g/mol. The van der Waals surface area contributed by atoms with E-state index in [1.54, 1.807) is 12.7 Å². The van der Waals surface area contributed by atoms with Crippen LogP contribution in [0.3, 0.4) is 0 Å². The van der Waals surface area contributed by atoms with E-state index in [4.69, 9.17) is 0 Å². The van der Waals surface area contributed by atoms with E-state index in [1.165, 1.54) is 11.1 Å². The van der Waals surface area contributed by atoms with E-state index in [9.17, 15) is 0 Å². The first-order valence-corrected chi connectivity index (χ1v) is 8.41. The Bertz CT molecular complexity index is 755. The van der Waals surface area contributed by atoms with Crippen LogP contribution in [0.5, 0.6) is 0 Å². The van der Waals surface area contributed by atoms with Gasteiger partial charge in [0.25, 0.3) is 0 Å². The maximum Gasteiger partial charge on any atom is 0.119 e. The molecule has 0 aliphatic rings. The first kappa shape index (κ1) is 15.7. The molecule has 3 rings (SSSR count). The molecular weight excluding hydrogens is 352 g/mol. The van der Waals surface area contributed by atoms with Gasteiger partial charge in [-0.15, -0.1) is 10.2 Å². The lowest BCUT2D eigenvalue weighted by molar-refractivity contribution is 0.791. The zero-order valence-corrected chi connectivity index (χ0v) is 14.6. The van der Waals surface area contributed by atoms with Gasteiger partial charge < -0.3 is 9.88 Å². The molecule has 1 aromatic heterocycles. The number of hydrogen-bond donors (Lipinski definition) is 1. The zero-order valence-electron chi connectivity index (χ0n) is 13.0. The number of rotatable bonds is 6. The highest BCUT2D eigenvalue weighted by atomic mass is 79.9. The molecule has 0 fully saturated rings. The quantitative estimate of drug-likeness (QED) is 0.702. The van der Waals surface area contributed by atoms with E-state index in [1.807, 2.05) is 4.57 Å². The van der Waals surface area contributed by atoms with Crippen molar-refractivity contribution in [1.29, 1.82) is 0 Å². The Morgan fingerprint density at radius 1 is 1.09 bits per heavy atom. The first-order chi connectivity index (χ1) is 11.2. The van der Waals surface area contributed by atoms with Crippen LogP contribution >= 0.6 is 15.9 Å². The predicted molar refractivity (Wildman–Crippen MR) is 96.6 cm³/mol. The Hall–Kier alpha value is -2.14. The minimum absolute atomic E-state index is 0.439. The van der Waals surface area contributed by atoms with Crippen molar-refractivity contribution in [3.63, 3.8) is 0 Å². The van der Waals surface area contributed by atoms with Crippen LogP contribution in [-0.4, -0.2) is 21.3 Å². The van der Waals surface area contributed by atoms with Crippen LogP contribution in [0.25, 0.3) is 0 Å². The molecule has 2 aromatic carbocycles. The molecule has 0 saturated heterocycles. The molecule has 0 radical (unpaired) electrons. The van der Waals surface area contributed by atoms with Crippen LogP contribution in [0.15, 0.2) is 65.7 Å². The van der Waals surface area contributed by atoms with Crippen LogP contribution < -0.4 is 5.32 Å². The van der Waals surface area contributed by atoms with Gasteiger partial charge in [-0.05, 0) is 41.3 Å². The fraction of sp³-hybridized carbons (Fsp3) is 0.222. The molecule has 23 heavy (non-hydrogen) atoms. The molecule has 0 bridgehead atoms. The third-order valence-electron chi connectivity index (χ3n) is 3.79. The number of nitrogens with zero attached hydrogens (tertiary/aromatic N) is 3. The molecule has 0 spiro atoms. The molecule has 1 heterocycles. The molecular formula is C18H19BrN4. The van der Waals surface area contributed by atoms with Gasteiger partial charge in [0.05, 0.1) is 6.54 Å². The molecule has 0 saturated carbocycles. The van der Waals surface area contributed by atoms with Crippen LogP contribution in [0.4, 0.5) is 5.69 Å². The van der Waals surface area contributed by atoms with Gasteiger partial charge in [0.1, 0.15) is 12.7 Å². The third-order valence-corrected chi connectivity index (χ3v) is 4.28. The van der Waals surface area contributed by atoms with Crippen molar-refractivity contribution in [2.45, 2.75) is 19.4 Å². The molecule has 0 aliphatic carbocycles. The summed E-state index contributed by atoms with van der Waals surface area (Å²) in [6, 6.07) is 16.9. The fourth-order valence-electron chi connectivity index (χ4n) is 2.50. The summed E-state index contributed by atoms with van der Waals surface area (Å²) in [6.07, 6.45) is 3.46. The molecule has 1 atom stereocenters. The molecule has 118 valence electrons. The Morgan fingerprint density at radius 2 is 1.87 bits per heavy atom. The van der Waals surface area contributed by atoms with Gasteiger partial charge in [0, 0.05) is 16.7 Å². The standard InChI is InChI=1S/C18H19BrN4/c1-14(16-5-3-6-17(19)9-16)10-20-18-7-2-4-15(8-18)11-23-12-21-22-13-23/h2-9,12-14,20H,10-11H2,1H3. The predicted octanol–water partition coefficient (Wildman–Crippen LogP) is 4.30. The van der Waals surface area contributed by atoms with Gasteiger partial charge in [-0.1, -0.05) is 47.1 Å². The van der Waals surface area contributed by atoms with Crippen LogP contribution in [0, 0.1) is 0 Å². The van der Waals surface area contributed by atoms with Crippen molar-refractivity contribution in [2.24, 2.45) is 0 Å². The van der Waals surface area contributed by atoms with Crippen molar-refractivity contribution in [1.82, 2.24) is 14.8 Å². The summed E-state index contributed by atoms with van der Waals surface area (Å²) in [5, 5.41) is 11.2. The van der Waals surface area contributed by atoms with Gasteiger partial charge >= 0.3 is 0 Å². The summed E-state index contributed by atoms with van der Waals surface area (Å²) in [5.74, 6) is 0.439. The summed E-state index contributed by atoms with van der Waals surface area (Å²) >= 11 is 3.53. The Labute approximate surface area is 144 Å². The van der Waals surface area contributed by atoms with E-state index in [0.717, 1.165) is 23.2 Å². The summed E-state index contributed by atoms with van der Waals surface area (Å²) < 4.78 is 3.08. The fourth-order valence-corrected chi connectivity index (χ4v) is 2.91. The van der Waals surface area contributed by atoms with E-state index in [0.29, 0.717) is 5.92 Å². The van der Waals surface area contributed by atoms with Gasteiger partial charge in [0.15, 0.2) is 0 Å². The summed E-state index contributed by atoms with van der Waals surface area (Å²) in [4.78, 5) is 0. The van der Waals surface area contributed by atoms with Gasteiger partial charge in [-0.3, -0.25) is 0 Å². The summed E-state index contributed by atoms with van der Waals surface area (Å²) in [5.41, 5.74) is 3.69. The molecule has 3 aromatic rings. The van der Waals surface area contributed by atoms with Gasteiger partial charge in [-0.25, -0.2) is 0 Å². The third kappa shape index (κ3) is 4.42. The Morgan fingerprint density at radius 3 is 2.65 bits per heavy atom. The van der Waals surface area contributed by atoms with Crippen LogP contribution in [0.2, 0.25) is 0 Å². The lowest BCUT2D eigenvalue weighted by atomic mass is 10.0. The van der Waals surface area contributed by atoms with Crippen LogP contribution in [0.1, 0.15) is 24.0 Å². The lowest BCUT2D eigenvalue weighted by Crippen LogP contribution is -2.10. The van der Waals surface area contributed by atoms with E-state index in [-0.39, 0.29) is 0 Å². The largest absolute Gasteiger partial charge is 0.384 e. The molecule has 1 unspecified atom stereocenters. The second-order valence-electron chi connectivity index (χ2n) is 5.67. The van der Waals surface area contributed by atoms with Crippen molar-refractivity contribution in [2.75, 3.05) is 11.9 Å². The van der Waals surface area contributed by atoms with Gasteiger partial charge in [-0.2, -0.15) is 0 Å². The zero-order chi connectivity index (χ0) is 16.1. The smallest absolute Gasteiger partial charge is 0.119 e. The monoisotopic (exact) mass is 370 g/mol. The van der Waals surface area contributed by atoms with Crippen molar-refractivity contribution in [3.8, 4) is 0 Å². The van der Waals surface area contributed by atoms with Crippen molar-refractivity contribution < 1.29 is 0 Å². The number of hydrogen-bond acceptors (Lipinski definition) is 3. The number of halogens is 1. The Kier molecular flexibility index (Phi) is 5.08. The molecule has 0 aliphatic heterocycles. The van der Waals surface area contributed by atoms with E-state index in [2.05, 4.69) is 86.9 Å². The minimum Gasteiger partial charge on any atom is -0.384 e. The molecule has 5 heteroatoms.